The summed E-state index contributed by atoms with van der Waals surface area (Å²) in [5.41, 5.74) is 2.74. The molecule has 0 unspecified atom stereocenters. The van der Waals surface area contributed by atoms with E-state index in [-0.39, 0.29) is 5.56 Å². The smallest absolute Gasteiger partial charge is 0.274 e. The predicted molar refractivity (Wildman–Crippen MR) is 85.4 cm³/mol. The van der Waals surface area contributed by atoms with Crippen molar-refractivity contribution in [1.29, 1.82) is 0 Å². The Balaban J connectivity index is 2.05. The fourth-order valence-corrected chi connectivity index (χ4v) is 2.35. The number of aromatic amines is 1. The van der Waals surface area contributed by atoms with Crippen molar-refractivity contribution in [1.82, 2.24) is 9.97 Å². The zero-order valence-electron chi connectivity index (χ0n) is 10.5. The number of benzene rings is 2. The Morgan fingerprint density at radius 3 is 2.60 bits per heavy atom. The van der Waals surface area contributed by atoms with Gasteiger partial charge in [-0.3, -0.25) is 4.79 Å². The third-order valence-corrected chi connectivity index (χ3v) is 3.67. The normalized spacial score (nSPS) is 11.2. The van der Waals surface area contributed by atoms with Gasteiger partial charge in [-0.25, -0.2) is 4.98 Å². The number of nitrogens with zero attached hydrogens (tertiary/aromatic N) is 1. The van der Waals surface area contributed by atoms with Gasteiger partial charge in [0.2, 0.25) is 0 Å². The zero-order valence-corrected chi connectivity index (χ0v) is 12.1. The Morgan fingerprint density at radius 1 is 1.00 bits per heavy atom. The second-order valence-corrected chi connectivity index (χ2v) is 5.18. The van der Waals surface area contributed by atoms with Crippen LogP contribution in [0.25, 0.3) is 23.2 Å². The number of rotatable bonds is 2. The first-order chi connectivity index (χ1) is 9.74. The number of halogens is 1. The molecule has 0 bridgehead atoms. The lowest BCUT2D eigenvalue weighted by Gasteiger charge is -1.99. The molecule has 3 aromatic rings. The van der Waals surface area contributed by atoms with Gasteiger partial charge in [0.1, 0.15) is 5.69 Å². The van der Waals surface area contributed by atoms with Gasteiger partial charge < -0.3 is 4.98 Å². The van der Waals surface area contributed by atoms with Crippen LogP contribution in [0, 0.1) is 0 Å². The van der Waals surface area contributed by atoms with Crippen LogP contribution in [0.3, 0.4) is 0 Å². The first-order valence-electron chi connectivity index (χ1n) is 6.16. The van der Waals surface area contributed by atoms with Crippen LogP contribution in [0.15, 0.2) is 57.8 Å². The molecule has 98 valence electrons. The van der Waals surface area contributed by atoms with Gasteiger partial charge in [-0.15, -0.1) is 0 Å². The van der Waals surface area contributed by atoms with Gasteiger partial charge in [-0.1, -0.05) is 52.3 Å². The van der Waals surface area contributed by atoms with Crippen LogP contribution in [-0.4, -0.2) is 9.97 Å². The first-order valence-corrected chi connectivity index (χ1v) is 6.95. The van der Waals surface area contributed by atoms with Crippen LogP contribution in [0.4, 0.5) is 0 Å². The maximum Gasteiger partial charge on any atom is 0.274 e. The minimum absolute atomic E-state index is 0.188. The SMILES string of the molecule is O=c1[nH]c2ccccc2nc1/C=C/c1ccccc1Br. The molecule has 0 spiro atoms. The third kappa shape index (κ3) is 2.56. The highest BCUT2D eigenvalue weighted by Crippen LogP contribution is 2.18. The predicted octanol–water partition coefficient (Wildman–Crippen LogP) is 3.86. The fourth-order valence-electron chi connectivity index (χ4n) is 1.94. The van der Waals surface area contributed by atoms with Crippen molar-refractivity contribution in [3.8, 4) is 0 Å². The number of hydrogen-bond donors (Lipinski definition) is 1. The molecule has 0 fully saturated rings. The molecule has 1 aromatic heterocycles. The zero-order chi connectivity index (χ0) is 13.9. The van der Waals surface area contributed by atoms with E-state index in [1.807, 2.05) is 54.6 Å². The van der Waals surface area contributed by atoms with Crippen LogP contribution in [0.5, 0.6) is 0 Å². The molecule has 0 atom stereocenters. The average molecular weight is 327 g/mol. The number of fused-ring (bicyclic) bond motifs is 1. The van der Waals surface area contributed by atoms with E-state index in [9.17, 15) is 4.79 Å². The van der Waals surface area contributed by atoms with Gasteiger partial charge in [0.15, 0.2) is 0 Å². The molecule has 0 aliphatic rings. The molecule has 0 aliphatic heterocycles. The summed E-state index contributed by atoms with van der Waals surface area (Å²) in [6.45, 7) is 0. The highest BCUT2D eigenvalue weighted by molar-refractivity contribution is 9.10. The monoisotopic (exact) mass is 326 g/mol. The summed E-state index contributed by atoms with van der Waals surface area (Å²) in [4.78, 5) is 19.2. The summed E-state index contributed by atoms with van der Waals surface area (Å²) in [7, 11) is 0. The first kappa shape index (κ1) is 12.8. The number of aromatic nitrogens is 2. The molecular weight excluding hydrogens is 316 g/mol. The van der Waals surface area contributed by atoms with E-state index >= 15 is 0 Å². The Kier molecular flexibility index (Phi) is 3.48. The minimum atomic E-state index is -0.188. The van der Waals surface area contributed by atoms with E-state index < -0.39 is 0 Å². The lowest BCUT2D eigenvalue weighted by molar-refractivity contribution is 1.19. The maximum absolute atomic E-state index is 12.0. The van der Waals surface area contributed by atoms with Crippen LogP contribution in [-0.2, 0) is 0 Å². The summed E-state index contributed by atoms with van der Waals surface area (Å²) >= 11 is 3.47. The van der Waals surface area contributed by atoms with Gasteiger partial charge in [-0.05, 0) is 29.8 Å². The highest BCUT2D eigenvalue weighted by Gasteiger charge is 2.01. The number of nitrogens with one attached hydrogen (secondary N) is 1. The molecule has 2 aromatic carbocycles. The maximum atomic E-state index is 12.0. The largest absolute Gasteiger partial charge is 0.319 e. The fraction of sp³-hybridized carbons (Fsp3) is 0. The molecule has 4 heteroatoms. The lowest BCUT2D eigenvalue weighted by atomic mass is 10.2. The average Bonchev–Trinajstić information content (AvgIpc) is 2.46. The number of H-pyrrole nitrogens is 1. The van der Waals surface area contributed by atoms with Crippen molar-refractivity contribution in [3.05, 3.63) is 74.6 Å². The molecular formula is C16H11BrN2O. The van der Waals surface area contributed by atoms with E-state index in [0.717, 1.165) is 21.1 Å². The molecule has 0 amide bonds. The van der Waals surface area contributed by atoms with E-state index in [4.69, 9.17) is 0 Å². The van der Waals surface area contributed by atoms with Crippen molar-refractivity contribution in [2.45, 2.75) is 0 Å². The van der Waals surface area contributed by atoms with Crippen molar-refractivity contribution in [3.63, 3.8) is 0 Å². The van der Waals surface area contributed by atoms with Crippen molar-refractivity contribution < 1.29 is 0 Å². The van der Waals surface area contributed by atoms with E-state index in [2.05, 4.69) is 25.9 Å². The molecule has 20 heavy (non-hydrogen) atoms. The minimum Gasteiger partial charge on any atom is -0.319 e. The molecule has 1 heterocycles. The molecule has 0 saturated heterocycles. The Bertz CT molecular complexity index is 852. The van der Waals surface area contributed by atoms with Crippen molar-refractivity contribution in [2.24, 2.45) is 0 Å². The van der Waals surface area contributed by atoms with Crippen LogP contribution in [0.1, 0.15) is 11.3 Å². The third-order valence-electron chi connectivity index (χ3n) is 2.95. The summed E-state index contributed by atoms with van der Waals surface area (Å²) in [6.07, 6.45) is 3.60. The van der Waals surface area contributed by atoms with Crippen LogP contribution < -0.4 is 5.56 Å². The second kappa shape index (κ2) is 5.43. The van der Waals surface area contributed by atoms with Gasteiger partial charge in [0.25, 0.3) is 5.56 Å². The van der Waals surface area contributed by atoms with Crippen LogP contribution >= 0.6 is 15.9 Å². The van der Waals surface area contributed by atoms with Crippen molar-refractivity contribution in [2.75, 3.05) is 0 Å². The van der Waals surface area contributed by atoms with Gasteiger partial charge >= 0.3 is 0 Å². The number of hydrogen-bond acceptors (Lipinski definition) is 2. The number of para-hydroxylation sites is 2. The van der Waals surface area contributed by atoms with Gasteiger partial charge in [0, 0.05) is 4.47 Å². The molecule has 3 nitrogen and oxygen atoms in total. The van der Waals surface area contributed by atoms with E-state index in [0.29, 0.717) is 5.69 Å². The van der Waals surface area contributed by atoms with E-state index in [1.54, 1.807) is 6.08 Å². The topological polar surface area (TPSA) is 45.8 Å². The Hall–Kier alpha value is -2.20. The second-order valence-electron chi connectivity index (χ2n) is 4.32. The standard InChI is InChI=1S/C16H11BrN2O/c17-12-6-2-1-5-11(12)9-10-15-16(20)19-14-8-4-3-7-13(14)18-15/h1-10H,(H,19,20)/b10-9+. The lowest BCUT2D eigenvalue weighted by Crippen LogP contribution is -2.11. The molecule has 0 aliphatic carbocycles. The van der Waals surface area contributed by atoms with Crippen LogP contribution in [0.2, 0.25) is 0 Å². The molecule has 1 N–H and O–H groups in total. The van der Waals surface area contributed by atoms with Gasteiger partial charge in [-0.2, -0.15) is 0 Å². The van der Waals surface area contributed by atoms with E-state index in [1.165, 1.54) is 0 Å². The van der Waals surface area contributed by atoms with Crippen molar-refractivity contribution >= 4 is 39.1 Å². The molecule has 0 radical (unpaired) electrons. The highest BCUT2D eigenvalue weighted by atomic mass is 79.9. The Morgan fingerprint density at radius 2 is 1.75 bits per heavy atom. The summed E-state index contributed by atoms with van der Waals surface area (Å²) in [5.74, 6) is 0. The summed E-state index contributed by atoms with van der Waals surface area (Å²) in [6, 6.07) is 15.3. The van der Waals surface area contributed by atoms with Gasteiger partial charge in [0.05, 0.1) is 11.0 Å². The quantitative estimate of drug-likeness (QED) is 0.777. The molecule has 0 saturated carbocycles. The molecule has 3 rings (SSSR count). The Labute approximate surface area is 124 Å². The summed E-state index contributed by atoms with van der Waals surface area (Å²) < 4.78 is 0.980. The summed E-state index contributed by atoms with van der Waals surface area (Å²) in [5, 5.41) is 0.